The van der Waals surface area contributed by atoms with Gasteiger partial charge in [-0.25, -0.2) is 0 Å². The second kappa shape index (κ2) is 9.54. The maximum Gasteiger partial charge on any atom is 0.237 e. The molecule has 2 atom stereocenters. The first kappa shape index (κ1) is 20.7. The standard InChI is InChI=1S/C27H35N3O/c31-27(21-29-17-9-13-24(29)19-28-15-7-2-8-16-28)30-18-23-12-5-6-14-25(23)26(20-30)22-10-3-1-4-11-22/h1,3-6,10-12,14,24,26H,2,7-9,13,15-21H2. The van der Waals surface area contributed by atoms with Crippen molar-refractivity contribution in [3.8, 4) is 0 Å². The van der Waals surface area contributed by atoms with Gasteiger partial charge >= 0.3 is 0 Å². The van der Waals surface area contributed by atoms with E-state index in [9.17, 15) is 4.79 Å². The van der Waals surface area contributed by atoms with Gasteiger partial charge in [0.05, 0.1) is 6.54 Å². The smallest absolute Gasteiger partial charge is 0.237 e. The van der Waals surface area contributed by atoms with Gasteiger partial charge in [-0.05, 0) is 62.0 Å². The molecule has 0 aliphatic carbocycles. The molecule has 2 saturated heterocycles. The minimum Gasteiger partial charge on any atom is -0.336 e. The van der Waals surface area contributed by atoms with E-state index in [4.69, 9.17) is 0 Å². The Kier molecular flexibility index (Phi) is 6.37. The molecular weight excluding hydrogens is 382 g/mol. The van der Waals surface area contributed by atoms with Gasteiger partial charge in [-0.15, -0.1) is 0 Å². The Morgan fingerprint density at radius 2 is 1.65 bits per heavy atom. The number of carbonyl (C=O) groups excluding carboxylic acids is 1. The van der Waals surface area contributed by atoms with E-state index in [0.29, 0.717) is 18.5 Å². The van der Waals surface area contributed by atoms with Crippen molar-refractivity contribution in [2.75, 3.05) is 39.3 Å². The summed E-state index contributed by atoms with van der Waals surface area (Å²) in [5, 5.41) is 0. The van der Waals surface area contributed by atoms with E-state index in [0.717, 1.165) is 26.2 Å². The number of piperidine rings is 1. The van der Waals surface area contributed by atoms with Gasteiger partial charge in [-0.2, -0.15) is 0 Å². The van der Waals surface area contributed by atoms with Crippen LogP contribution in [0.5, 0.6) is 0 Å². The number of fused-ring (bicyclic) bond motifs is 1. The lowest BCUT2D eigenvalue weighted by Crippen LogP contribution is -2.48. The molecule has 4 nitrogen and oxygen atoms in total. The van der Waals surface area contributed by atoms with Crippen molar-refractivity contribution in [1.82, 2.24) is 14.7 Å². The molecule has 2 aromatic rings. The highest BCUT2D eigenvalue weighted by molar-refractivity contribution is 5.79. The fourth-order valence-corrected chi connectivity index (χ4v) is 5.79. The number of hydrogen-bond donors (Lipinski definition) is 0. The molecule has 3 aliphatic heterocycles. The van der Waals surface area contributed by atoms with Crippen LogP contribution in [-0.4, -0.2) is 65.9 Å². The molecule has 1 amide bonds. The minimum absolute atomic E-state index is 0.262. The van der Waals surface area contributed by atoms with Crippen LogP contribution < -0.4 is 0 Å². The van der Waals surface area contributed by atoms with Crippen LogP contribution in [0, 0.1) is 0 Å². The zero-order chi connectivity index (χ0) is 21.0. The molecule has 3 aliphatic rings. The van der Waals surface area contributed by atoms with E-state index in [1.807, 2.05) is 0 Å². The summed E-state index contributed by atoms with van der Waals surface area (Å²) in [7, 11) is 0. The zero-order valence-corrected chi connectivity index (χ0v) is 18.6. The summed E-state index contributed by atoms with van der Waals surface area (Å²) in [6.07, 6.45) is 6.50. The number of rotatable bonds is 5. The summed E-state index contributed by atoms with van der Waals surface area (Å²) >= 11 is 0. The minimum atomic E-state index is 0.262. The van der Waals surface area contributed by atoms with Crippen LogP contribution in [0.2, 0.25) is 0 Å². The number of likely N-dealkylation sites (tertiary alicyclic amines) is 2. The Morgan fingerprint density at radius 1 is 0.871 bits per heavy atom. The second-order valence-corrected chi connectivity index (χ2v) is 9.56. The molecule has 0 N–H and O–H groups in total. The van der Waals surface area contributed by atoms with Gasteiger partial charge < -0.3 is 9.80 Å². The highest BCUT2D eigenvalue weighted by Gasteiger charge is 2.33. The van der Waals surface area contributed by atoms with Crippen LogP contribution in [0.25, 0.3) is 0 Å². The van der Waals surface area contributed by atoms with E-state index < -0.39 is 0 Å². The fraction of sp³-hybridized carbons (Fsp3) is 0.519. The van der Waals surface area contributed by atoms with Gasteiger partial charge in [0, 0.05) is 31.6 Å². The Bertz CT molecular complexity index is 877. The quantitative estimate of drug-likeness (QED) is 0.733. The van der Waals surface area contributed by atoms with Gasteiger partial charge in [-0.3, -0.25) is 9.69 Å². The lowest BCUT2D eigenvalue weighted by Gasteiger charge is -2.37. The average molecular weight is 418 g/mol. The van der Waals surface area contributed by atoms with Gasteiger partial charge in [0.2, 0.25) is 5.91 Å². The van der Waals surface area contributed by atoms with Crippen LogP contribution in [0.1, 0.15) is 54.7 Å². The van der Waals surface area contributed by atoms with Crippen LogP contribution in [0.15, 0.2) is 54.6 Å². The largest absolute Gasteiger partial charge is 0.336 e. The molecule has 0 saturated carbocycles. The SMILES string of the molecule is O=C(CN1CCCC1CN1CCCCC1)N1Cc2ccccc2C(c2ccccc2)C1. The molecule has 0 radical (unpaired) electrons. The molecule has 0 aromatic heterocycles. The second-order valence-electron chi connectivity index (χ2n) is 9.56. The molecule has 0 bridgehead atoms. The van der Waals surface area contributed by atoms with Crippen molar-refractivity contribution in [2.45, 2.75) is 50.6 Å². The van der Waals surface area contributed by atoms with Gasteiger partial charge in [0.1, 0.15) is 0 Å². The van der Waals surface area contributed by atoms with Crippen molar-refractivity contribution < 1.29 is 4.79 Å². The van der Waals surface area contributed by atoms with E-state index in [1.165, 1.54) is 61.9 Å². The summed E-state index contributed by atoms with van der Waals surface area (Å²) in [6, 6.07) is 19.9. The predicted molar refractivity (Wildman–Crippen MR) is 125 cm³/mol. The third-order valence-corrected chi connectivity index (χ3v) is 7.50. The molecule has 31 heavy (non-hydrogen) atoms. The number of hydrogen-bond acceptors (Lipinski definition) is 3. The molecule has 2 aromatic carbocycles. The highest BCUT2D eigenvalue weighted by atomic mass is 16.2. The lowest BCUT2D eigenvalue weighted by atomic mass is 9.84. The van der Waals surface area contributed by atoms with Crippen molar-refractivity contribution in [1.29, 1.82) is 0 Å². The topological polar surface area (TPSA) is 26.8 Å². The number of benzene rings is 2. The third-order valence-electron chi connectivity index (χ3n) is 7.50. The Balaban J connectivity index is 1.28. The van der Waals surface area contributed by atoms with E-state index in [-0.39, 0.29) is 5.92 Å². The number of carbonyl (C=O) groups is 1. The van der Waals surface area contributed by atoms with E-state index >= 15 is 0 Å². The van der Waals surface area contributed by atoms with E-state index in [1.54, 1.807) is 0 Å². The van der Waals surface area contributed by atoms with Crippen LogP contribution in [-0.2, 0) is 11.3 Å². The number of amides is 1. The molecule has 0 spiro atoms. The molecule has 4 heteroatoms. The molecule has 2 unspecified atom stereocenters. The summed E-state index contributed by atoms with van der Waals surface area (Å²) in [5.74, 6) is 0.554. The molecule has 2 fully saturated rings. The van der Waals surface area contributed by atoms with Crippen LogP contribution >= 0.6 is 0 Å². The fourth-order valence-electron chi connectivity index (χ4n) is 5.79. The van der Waals surface area contributed by atoms with Crippen molar-refractivity contribution in [2.24, 2.45) is 0 Å². The van der Waals surface area contributed by atoms with Gasteiger partial charge in [0.25, 0.3) is 0 Å². The van der Waals surface area contributed by atoms with Crippen molar-refractivity contribution in [3.05, 3.63) is 71.3 Å². The Labute approximate surface area is 186 Å². The Hall–Kier alpha value is -2.17. The molecule has 3 heterocycles. The van der Waals surface area contributed by atoms with E-state index in [2.05, 4.69) is 69.3 Å². The third kappa shape index (κ3) is 4.70. The summed E-state index contributed by atoms with van der Waals surface area (Å²) in [4.78, 5) is 20.6. The summed E-state index contributed by atoms with van der Waals surface area (Å²) < 4.78 is 0. The first-order valence-electron chi connectivity index (χ1n) is 12.1. The monoisotopic (exact) mass is 417 g/mol. The first-order chi connectivity index (χ1) is 15.3. The van der Waals surface area contributed by atoms with Crippen molar-refractivity contribution >= 4 is 5.91 Å². The highest BCUT2D eigenvalue weighted by Crippen LogP contribution is 2.33. The first-order valence-corrected chi connectivity index (χ1v) is 12.1. The maximum absolute atomic E-state index is 13.4. The van der Waals surface area contributed by atoms with Gasteiger partial charge in [0.15, 0.2) is 0 Å². The summed E-state index contributed by atoms with van der Waals surface area (Å²) in [5.41, 5.74) is 3.97. The van der Waals surface area contributed by atoms with Crippen molar-refractivity contribution in [3.63, 3.8) is 0 Å². The molecular formula is C27H35N3O. The predicted octanol–water partition coefficient (Wildman–Crippen LogP) is 4.11. The molecule has 5 rings (SSSR count). The maximum atomic E-state index is 13.4. The van der Waals surface area contributed by atoms with Crippen LogP contribution in [0.4, 0.5) is 0 Å². The lowest BCUT2D eigenvalue weighted by molar-refractivity contribution is -0.133. The Morgan fingerprint density at radius 3 is 2.48 bits per heavy atom. The normalized spacial score (nSPS) is 24.8. The average Bonchev–Trinajstić information content (AvgIpc) is 3.25. The summed E-state index contributed by atoms with van der Waals surface area (Å²) in [6.45, 7) is 6.77. The van der Waals surface area contributed by atoms with Crippen LogP contribution in [0.3, 0.4) is 0 Å². The van der Waals surface area contributed by atoms with Gasteiger partial charge in [-0.1, -0.05) is 61.0 Å². The zero-order valence-electron chi connectivity index (χ0n) is 18.6. The molecule has 164 valence electrons. The number of nitrogens with zero attached hydrogens (tertiary/aromatic N) is 3.